The minimum absolute atomic E-state index is 0.190. The van der Waals surface area contributed by atoms with Crippen LogP contribution in [0.25, 0.3) is 0 Å². The molecule has 2 aromatic rings. The number of rotatable bonds is 4. The zero-order valence-corrected chi connectivity index (χ0v) is 10.6. The third kappa shape index (κ3) is 2.76. The summed E-state index contributed by atoms with van der Waals surface area (Å²) in [5, 5.41) is 12.3. The summed E-state index contributed by atoms with van der Waals surface area (Å²) in [5.74, 6) is 0.998. The Morgan fingerprint density at radius 3 is 3.00 bits per heavy atom. The van der Waals surface area contributed by atoms with Gasteiger partial charge >= 0.3 is 0 Å². The van der Waals surface area contributed by atoms with Crippen LogP contribution in [0, 0.1) is 11.3 Å². The Kier molecular flexibility index (Phi) is 3.75. The summed E-state index contributed by atoms with van der Waals surface area (Å²) >= 11 is 0. The van der Waals surface area contributed by atoms with E-state index >= 15 is 0 Å². The molecule has 4 nitrogen and oxygen atoms in total. The number of nitrogens with one attached hydrogen (secondary N) is 1. The summed E-state index contributed by atoms with van der Waals surface area (Å²) in [5.41, 5.74) is 1.81. The molecule has 1 heterocycles. The number of hydrogen-bond donors (Lipinski definition) is 1. The first-order valence-corrected chi connectivity index (χ1v) is 5.90. The van der Waals surface area contributed by atoms with E-state index in [0.717, 1.165) is 11.4 Å². The van der Waals surface area contributed by atoms with E-state index in [0.29, 0.717) is 12.1 Å². The SMILES string of the molecule is CC(NCc1nccn1C)c1cccc(C#N)c1. The van der Waals surface area contributed by atoms with Crippen LogP contribution >= 0.6 is 0 Å². The van der Waals surface area contributed by atoms with Gasteiger partial charge in [0, 0.05) is 25.5 Å². The van der Waals surface area contributed by atoms with Crippen molar-refractivity contribution in [3.05, 3.63) is 53.6 Å². The van der Waals surface area contributed by atoms with Crippen LogP contribution in [0.15, 0.2) is 36.7 Å². The van der Waals surface area contributed by atoms with Crippen molar-refractivity contribution in [1.29, 1.82) is 5.26 Å². The molecule has 0 spiro atoms. The Balaban J connectivity index is 2.01. The third-order valence-electron chi connectivity index (χ3n) is 3.00. The molecule has 18 heavy (non-hydrogen) atoms. The van der Waals surface area contributed by atoms with Crippen LogP contribution in [0.2, 0.25) is 0 Å². The maximum atomic E-state index is 8.88. The van der Waals surface area contributed by atoms with Gasteiger partial charge in [-0.2, -0.15) is 5.26 Å². The van der Waals surface area contributed by atoms with Gasteiger partial charge in [-0.1, -0.05) is 12.1 Å². The third-order valence-corrected chi connectivity index (χ3v) is 3.00. The molecule has 1 N–H and O–H groups in total. The Morgan fingerprint density at radius 2 is 2.33 bits per heavy atom. The highest BCUT2D eigenvalue weighted by atomic mass is 15.1. The van der Waals surface area contributed by atoms with Crippen molar-refractivity contribution >= 4 is 0 Å². The molecule has 0 aliphatic carbocycles. The second kappa shape index (κ2) is 5.48. The van der Waals surface area contributed by atoms with E-state index in [1.807, 2.05) is 42.1 Å². The lowest BCUT2D eigenvalue weighted by atomic mass is 10.1. The minimum atomic E-state index is 0.190. The normalized spacial score (nSPS) is 12.1. The minimum Gasteiger partial charge on any atom is -0.337 e. The summed E-state index contributed by atoms with van der Waals surface area (Å²) in [4.78, 5) is 4.26. The smallest absolute Gasteiger partial charge is 0.122 e. The van der Waals surface area contributed by atoms with Gasteiger partial charge in [0.15, 0.2) is 0 Å². The largest absolute Gasteiger partial charge is 0.337 e. The number of imidazole rings is 1. The van der Waals surface area contributed by atoms with Crippen LogP contribution in [-0.2, 0) is 13.6 Å². The van der Waals surface area contributed by atoms with Crippen LogP contribution in [0.1, 0.15) is 29.9 Å². The van der Waals surface area contributed by atoms with Gasteiger partial charge in [0.2, 0.25) is 0 Å². The average Bonchev–Trinajstić information content (AvgIpc) is 2.81. The lowest BCUT2D eigenvalue weighted by Gasteiger charge is -2.14. The molecule has 0 fully saturated rings. The van der Waals surface area contributed by atoms with Crippen molar-refractivity contribution in [1.82, 2.24) is 14.9 Å². The predicted octanol–water partition coefficient (Wildman–Crippen LogP) is 2.14. The quantitative estimate of drug-likeness (QED) is 0.890. The van der Waals surface area contributed by atoms with Crippen LogP contribution in [-0.4, -0.2) is 9.55 Å². The fourth-order valence-corrected chi connectivity index (χ4v) is 1.81. The Morgan fingerprint density at radius 1 is 1.50 bits per heavy atom. The number of benzene rings is 1. The standard InChI is InChI=1S/C14H16N4/c1-11(13-5-3-4-12(8-13)9-15)17-10-14-16-6-7-18(14)2/h3-8,11,17H,10H2,1-2H3. The zero-order chi connectivity index (χ0) is 13.0. The molecule has 1 aromatic carbocycles. The summed E-state index contributed by atoms with van der Waals surface area (Å²) < 4.78 is 1.99. The van der Waals surface area contributed by atoms with E-state index < -0.39 is 0 Å². The molecule has 0 aliphatic heterocycles. The lowest BCUT2D eigenvalue weighted by Crippen LogP contribution is -2.20. The number of nitriles is 1. The van der Waals surface area contributed by atoms with E-state index in [-0.39, 0.29) is 6.04 Å². The van der Waals surface area contributed by atoms with Crippen molar-refractivity contribution in [2.75, 3.05) is 0 Å². The van der Waals surface area contributed by atoms with Gasteiger partial charge in [-0.15, -0.1) is 0 Å². The topological polar surface area (TPSA) is 53.6 Å². The molecule has 0 radical (unpaired) electrons. The number of aromatic nitrogens is 2. The lowest BCUT2D eigenvalue weighted by molar-refractivity contribution is 0.549. The van der Waals surface area contributed by atoms with Crippen molar-refractivity contribution in [3.8, 4) is 6.07 Å². The molecular formula is C14H16N4. The highest BCUT2D eigenvalue weighted by Crippen LogP contribution is 2.14. The second-order valence-corrected chi connectivity index (χ2v) is 4.29. The van der Waals surface area contributed by atoms with Crippen molar-refractivity contribution in [3.63, 3.8) is 0 Å². The molecule has 0 amide bonds. The first-order valence-electron chi connectivity index (χ1n) is 5.90. The van der Waals surface area contributed by atoms with Crippen LogP contribution < -0.4 is 5.32 Å². The van der Waals surface area contributed by atoms with E-state index in [4.69, 9.17) is 5.26 Å². The molecule has 0 bridgehead atoms. The molecule has 0 aliphatic rings. The van der Waals surface area contributed by atoms with E-state index in [1.165, 1.54) is 0 Å². The zero-order valence-electron chi connectivity index (χ0n) is 10.6. The number of aryl methyl sites for hydroxylation is 1. The molecule has 0 saturated carbocycles. The molecule has 4 heteroatoms. The maximum absolute atomic E-state index is 8.88. The highest BCUT2D eigenvalue weighted by molar-refractivity contribution is 5.34. The molecule has 0 saturated heterocycles. The summed E-state index contributed by atoms with van der Waals surface area (Å²) in [6, 6.07) is 10.0. The Bertz CT molecular complexity index is 565. The Hall–Kier alpha value is -2.12. The molecule has 2 rings (SSSR count). The maximum Gasteiger partial charge on any atom is 0.122 e. The van der Waals surface area contributed by atoms with Gasteiger partial charge in [0.25, 0.3) is 0 Å². The summed E-state index contributed by atoms with van der Waals surface area (Å²) in [6.45, 7) is 2.79. The van der Waals surface area contributed by atoms with Crippen LogP contribution in [0.5, 0.6) is 0 Å². The van der Waals surface area contributed by atoms with Gasteiger partial charge in [-0.05, 0) is 24.6 Å². The first kappa shape index (κ1) is 12.3. The van der Waals surface area contributed by atoms with E-state index in [9.17, 15) is 0 Å². The number of nitrogens with zero attached hydrogens (tertiary/aromatic N) is 3. The van der Waals surface area contributed by atoms with Crippen LogP contribution in [0.3, 0.4) is 0 Å². The first-order chi connectivity index (χ1) is 8.70. The number of hydrogen-bond acceptors (Lipinski definition) is 3. The monoisotopic (exact) mass is 240 g/mol. The summed E-state index contributed by atoms with van der Waals surface area (Å²) in [6.07, 6.45) is 3.72. The van der Waals surface area contributed by atoms with Gasteiger partial charge in [0.05, 0.1) is 18.2 Å². The predicted molar refractivity (Wildman–Crippen MR) is 69.6 cm³/mol. The average molecular weight is 240 g/mol. The Labute approximate surface area is 107 Å². The van der Waals surface area contributed by atoms with E-state index in [2.05, 4.69) is 23.3 Å². The molecule has 1 aromatic heterocycles. The fraction of sp³-hybridized carbons (Fsp3) is 0.286. The highest BCUT2D eigenvalue weighted by Gasteiger charge is 2.07. The van der Waals surface area contributed by atoms with Crippen molar-refractivity contribution in [2.24, 2.45) is 7.05 Å². The van der Waals surface area contributed by atoms with Gasteiger partial charge in [-0.3, -0.25) is 0 Å². The molecule has 1 unspecified atom stereocenters. The fourth-order valence-electron chi connectivity index (χ4n) is 1.81. The molecule has 92 valence electrons. The summed E-state index contributed by atoms with van der Waals surface area (Å²) in [7, 11) is 1.98. The van der Waals surface area contributed by atoms with E-state index in [1.54, 1.807) is 6.20 Å². The van der Waals surface area contributed by atoms with Crippen molar-refractivity contribution in [2.45, 2.75) is 19.5 Å². The van der Waals surface area contributed by atoms with Gasteiger partial charge in [0.1, 0.15) is 5.82 Å². The molecule has 1 atom stereocenters. The van der Waals surface area contributed by atoms with Gasteiger partial charge < -0.3 is 9.88 Å². The van der Waals surface area contributed by atoms with Crippen LogP contribution in [0.4, 0.5) is 0 Å². The van der Waals surface area contributed by atoms with Gasteiger partial charge in [-0.25, -0.2) is 4.98 Å². The molecular weight excluding hydrogens is 224 g/mol. The second-order valence-electron chi connectivity index (χ2n) is 4.29. The van der Waals surface area contributed by atoms with Crippen molar-refractivity contribution < 1.29 is 0 Å².